The van der Waals surface area contributed by atoms with Gasteiger partial charge in [-0.25, -0.2) is 4.68 Å². The predicted molar refractivity (Wildman–Crippen MR) is 149 cm³/mol. The molecule has 0 spiro atoms. The van der Waals surface area contributed by atoms with Crippen LogP contribution in [0.3, 0.4) is 0 Å². The molecule has 1 saturated heterocycles. The van der Waals surface area contributed by atoms with Gasteiger partial charge in [0.2, 0.25) is 0 Å². The van der Waals surface area contributed by atoms with E-state index in [9.17, 15) is 4.79 Å². The second-order valence-corrected chi connectivity index (χ2v) is 10.2. The summed E-state index contributed by atoms with van der Waals surface area (Å²) in [5.74, 6) is 0.821. The molecular formula is C28H31N3O2S2. The normalized spacial score (nSPS) is 14.8. The summed E-state index contributed by atoms with van der Waals surface area (Å²) >= 11 is 6.91. The van der Waals surface area contributed by atoms with Crippen LogP contribution >= 0.6 is 24.0 Å². The van der Waals surface area contributed by atoms with E-state index in [1.807, 2.05) is 71.6 Å². The number of rotatable bonds is 11. The molecule has 2 heterocycles. The van der Waals surface area contributed by atoms with Crippen LogP contribution in [0.15, 0.2) is 65.7 Å². The van der Waals surface area contributed by atoms with Gasteiger partial charge in [0.05, 0.1) is 22.9 Å². The Hall–Kier alpha value is -2.90. The van der Waals surface area contributed by atoms with Crippen molar-refractivity contribution >= 4 is 40.3 Å². The van der Waals surface area contributed by atoms with Gasteiger partial charge in [-0.1, -0.05) is 75.3 Å². The summed E-state index contributed by atoms with van der Waals surface area (Å²) in [6.07, 6.45) is 9.28. The van der Waals surface area contributed by atoms with E-state index in [0.717, 1.165) is 53.9 Å². The molecule has 1 aromatic heterocycles. The van der Waals surface area contributed by atoms with Gasteiger partial charge < -0.3 is 4.74 Å². The summed E-state index contributed by atoms with van der Waals surface area (Å²) in [6, 6.07) is 17.9. The smallest absolute Gasteiger partial charge is 0.266 e. The fourth-order valence-electron chi connectivity index (χ4n) is 3.89. The minimum absolute atomic E-state index is 0.0155. The molecule has 1 aliphatic heterocycles. The molecule has 7 heteroatoms. The van der Waals surface area contributed by atoms with Crippen molar-refractivity contribution in [2.24, 2.45) is 0 Å². The van der Waals surface area contributed by atoms with E-state index in [0.29, 0.717) is 22.4 Å². The molecule has 0 N–H and O–H groups in total. The Bertz CT molecular complexity index is 1190. The van der Waals surface area contributed by atoms with Gasteiger partial charge in [0, 0.05) is 23.9 Å². The van der Waals surface area contributed by atoms with Crippen molar-refractivity contribution in [3.8, 4) is 22.7 Å². The average Bonchev–Trinajstić information content (AvgIpc) is 3.42. The molecule has 2 aromatic carbocycles. The van der Waals surface area contributed by atoms with Crippen LogP contribution in [0.4, 0.5) is 0 Å². The third kappa shape index (κ3) is 6.21. The molecule has 0 unspecified atom stereocenters. The number of amides is 1. The highest BCUT2D eigenvalue weighted by Crippen LogP contribution is 2.35. The molecule has 5 nitrogen and oxygen atoms in total. The number of hydrogen-bond acceptors (Lipinski definition) is 5. The molecule has 1 aliphatic rings. The quantitative estimate of drug-likeness (QED) is 0.158. The van der Waals surface area contributed by atoms with Gasteiger partial charge in [0.15, 0.2) is 0 Å². The number of ether oxygens (including phenoxy) is 1. The first-order valence-corrected chi connectivity index (χ1v) is 13.5. The average molecular weight is 506 g/mol. The first-order valence-electron chi connectivity index (χ1n) is 12.2. The summed E-state index contributed by atoms with van der Waals surface area (Å²) < 4.78 is 8.23. The third-order valence-corrected chi connectivity index (χ3v) is 7.14. The molecule has 0 atom stereocenters. The Kier molecular flexibility index (Phi) is 8.77. The SMILES string of the molecule is CCCCCCN1C(=O)C(=Cc2cn(-c3ccccc3)nc2-c2ccc(OCCC)cc2)SC1=S. The van der Waals surface area contributed by atoms with Crippen LogP contribution in [0, 0.1) is 0 Å². The number of aromatic nitrogens is 2. The number of thiocarbonyl (C=S) groups is 1. The van der Waals surface area contributed by atoms with Crippen LogP contribution in [-0.4, -0.2) is 38.1 Å². The van der Waals surface area contributed by atoms with E-state index in [4.69, 9.17) is 22.1 Å². The number of para-hydroxylation sites is 1. The maximum Gasteiger partial charge on any atom is 0.266 e. The molecule has 35 heavy (non-hydrogen) atoms. The predicted octanol–water partition coefficient (Wildman–Crippen LogP) is 7.11. The van der Waals surface area contributed by atoms with Crippen molar-refractivity contribution in [2.75, 3.05) is 13.2 Å². The van der Waals surface area contributed by atoms with E-state index >= 15 is 0 Å². The Morgan fingerprint density at radius 2 is 1.77 bits per heavy atom. The van der Waals surface area contributed by atoms with Crippen LogP contribution in [0.2, 0.25) is 0 Å². The van der Waals surface area contributed by atoms with E-state index in [2.05, 4.69) is 13.8 Å². The van der Waals surface area contributed by atoms with E-state index < -0.39 is 0 Å². The maximum absolute atomic E-state index is 13.2. The topological polar surface area (TPSA) is 47.4 Å². The van der Waals surface area contributed by atoms with Crippen molar-refractivity contribution < 1.29 is 9.53 Å². The Labute approximate surface area is 217 Å². The third-order valence-electron chi connectivity index (χ3n) is 5.76. The van der Waals surface area contributed by atoms with Crippen molar-refractivity contribution in [2.45, 2.75) is 46.0 Å². The zero-order valence-electron chi connectivity index (χ0n) is 20.3. The Morgan fingerprint density at radius 1 is 1.00 bits per heavy atom. The molecule has 0 saturated carbocycles. The Morgan fingerprint density at radius 3 is 2.49 bits per heavy atom. The van der Waals surface area contributed by atoms with Crippen LogP contribution < -0.4 is 4.74 Å². The maximum atomic E-state index is 13.2. The number of thioether (sulfide) groups is 1. The van der Waals surface area contributed by atoms with Crippen LogP contribution in [0.1, 0.15) is 51.5 Å². The largest absolute Gasteiger partial charge is 0.494 e. The zero-order chi connectivity index (χ0) is 24.6. The van der Waals surface area contributed by atoms with Gasteiger partial charge in [0.1, 0.15) is 10.1 Å². The second-order valence-electron chi connectivity index (χ2n) is 8.48. The summed E-state index contributed by atoms with van der Waals surface area (Å²) in [7, 11) is 0. The molecule has 1 fully saturated rings. The van der Waals surface area contributed by atoms with Gasteiger partial charge in [-0.15, -0.1) is 0 Å². The van der Waals surface area contributed by atoms with Gasteiger partial charge in [0.25, 0.3) is 5.91 Å². The number of unbranched alkanes of at least 4 members (excludes halogenated alkanes) is 3. The van der Waals surface area contributed by atoms with Crippen molar-refractivity contribution in [3.63, 3.8) is 0 Å². The van der Waals surface area contributed by atoms with Crippen molar-refractivity contribution in [1.82, 2.24) is 14.7 Å². The standard InChI is InChI=1S/C28H31N3O2S2/c1-3-5-6-10-17-30-27(32)25(35-28(30)34)19-22-20-31(23-11-8-7-9-12-23)29-26(22)21-13-15-24(16-14-21)33-18-4-2/h7-9,11-16,19-20H,3-6,10,17-18H2,1-2H3. The van der Waals surface area contributed by atoms with Gasteiger partial charge in [-0.3, -0.25) is 9.69 Å². The van der Waals surface area contributed by atoms with Crippen molar-refractivity contribution in [1.29, 1.82) is 0 Å². The molecular weight excluding hydrogens is 474 g/mol. The van der Waals surface area contributed by atoms with E-state index in [-0.39, 0.29) is 5.91 Å². The van der Waals surface area contributed by atoms with E-state index in [1.165, 1.54) is 18.2 Å². The second kappa shape index (κ2) is 12.2. The lowest BCUT2D eigenvalue weighted by molar-refractivity contribution is -0.122. The monoisotopic (exact) mass is 505 g/mol. The summed E-state index contributed by atoms with van der Waals surface area (Å²) in [5, 5.41) is 4.88. The highest BCUT2D eigenvalue weighted by atomic mass is 32.2. The molecule has 0 aliphatic carbocycles. The number of carbonyl (C=O) groups is 1. The molecule has 4 rings (SSSR count). The molecule has 1 amide bonds. The summed E-state index contributed by atoms with van der Waals surface area (Å²) in [6.45, 7) is 5.64. The van der Waals surface area contributed by atoms with Gasteiger partial charge in [-0.2, -0.15) is 5.10 Å². The van der Waals surface area contributed by atoms with Crippen LogP contribution in [0.5, 0.6) is 5.75 Å². The Balaban J connectivity index is 1.64. The first kappa shape index (κ1) is 25.2. The lowest BCUT2D eigenvalue weighted by Crippen LogP contribution is -2.29. The van der Waals surface area contributed by atoms with Crippen molar-refractivity contribution in [3.05, 3.63) is 71.3 Å². The van der Waals surface area contributed by atoms with Crippen LogP contribution in [-0.2, 0) is 4.79 Å². The minimum Gasteiger partial charge on any atom is -0.494 e. The minimum atomic E-state index is -0.0155. The first-order chi connectivity index (χ1) is 17.1. The number of benzene rings is 2. The lowest BCUT2D eigenvalue weighted by Gasteiger charge is -2.13. The highest BCUT2D eigenvalue weighted by molar-refractivity contribution is 8.26. The molecule has 0 bridgehead atoms. The van der Waals surface area contributed by atoms with E-state index in [1.54, 1.807) is 4.90 Å². The zero-order valence-corrected chi connectivity index (χ0v) is 21.9. The number of nitrogens with zero attached hydrogens (tertiary/aromatic N) is 3. The summed E-state index contributed by atoms with van der Waals surface area (Å²) in [4.78, 5) is 15.5. The van der Waals surface area contributed by atoms with Crippen LogP contribution in [0.25, 0.3) is 23.0 Å². The fourth-order valence-corrected chi connectivity index (χ4v) is 5.19. The highest BCUT2D eigenvalue weighted by Gasteiger charge is 2.32. The molecule has 3 aromatic rings. The number of carbonyl (C=O) groups excluding carboxylic acids is 1. The van der Waals surface area contributed by atoms with Gasteiger partial charge >= 0.3 is 0 Å². The molecule has 0 radical (unpaired) electrons. The fraction of sp³-hybridized carbons (Fsp3) is 0.321. The van der Waals surface area contributed by atoms with Gasteiger partial charge in [-0.05, 0) is 55.3 Å². The molecule has 182 valence electrons. The lowest BCUT2D eigenvalue weighted by atomic mass is 10.1. The number of hydrogen-bond donors (Lipinski definition) is 0. The summed E-state index contributed by atoms with van der Waals surface area (Å²) in [5.41, 5.74) is 3.61.